The smallest absolute Gasteiger partial charge is 0.320 e. The zero-order valence-electron chi connectivity index (χ0n) is 13.6. The first-order chi connectivity index (χ1) is 10.9. The third-order valence-electron chi connectivity index (χ3n) is 3.53. The molecule has 0 radical (unpaired) electrons. The molecule has 0 aromatic carbocycles. The molecule has 0 amide bonds. The number of hydrogen-bond donors (Lipinski definition) is 0. The van der Waals surface area contributed by atoms with Gasteiger partial charge in [-0.05, 0) is 0 Å². The van der Waals surface area contributed by atoms with Crippen LogP contribution in [0.5, 0.6) is 0 Å². The van der Waals surface area contributed by atoms with E-state index >= 15 is 0 Å². The van der Waals surface area contributed by atoms with Gasteiger partial charge in [0.15, 0.2) is 17.0 Å². The Morgan fingerprint density at radius 3 is 2.21 bits per heavy atom. The Hall–Kier alpha value is -1.51. The van der Waals surface area contributed by atoms with E-state index in [0.717, 1.165) is 4.57 Å². The predicted octanol–water partition coefficient (Wildman–Crippen LogP) is 0.506. The van der Waals surface area contributed by atoms with Gasteiger partial charge in [-0.2, -0.15) is 5.10 Å². The monoisotopic (exact) mass is 396 g/mol. The van der Waals surface area contributed by atoms with Crippen LogP contribution in [0.25, 0.3) is 11.2 Å². The van der Waals surface area contributed by atoms with Crippen LogP contribution in [-0.4, -0.2) is 54.8 Å². The molecule has 0 aliphatic carbocycles. The van der Waals surface area contributed by atoms with Gasteiger partial charge in [0.05, 0.1) is 6.21 Å². The molecule has 24 heavy (non-hydrogen) atoms. The Labute approximate surface area is 154 Å². The Bertz CT molecular complexity index is 848. The second kappa shape index (κ2) is 8.55. The zero-order valence-corrected chi connectivity index (χ0v) is 15.9. The van der Waals surface area contributed by atoms with Crippen molar-refractivity contribution in [3.05, 3.63) is 26.7 Å². The van der Waals surface area contributed by atoms with Crippen LogP contribution < -0.4 is 11.2 Å². The summed E-state index contributed by atoms with van der Waals surface area (Å²) in [6.45, 7) is 1.10. The first-order valence-electron chi connectivity index (χ1n) is 6.95. The summed E-state index contributed by atoms with van der Waals surface area (Å²) in [7, 11) is 4.72. The van der Waals surface area contributed by atoms with E-state index in [1.165, 1.54) is 17.8 Å². The van der Waals surface area contributed by atoms with E-state index in [4.69, 9.17) is 23.2 Å². The Balaban J connectivity index is 0.00000288. The molecule has 2 heterocycles. The lowest BCUT2D eigenvalue weighted by Gasteiger charge is -2.15. The maximum Gasteiger partial charge on any atom is 0.332 e. The molecule has 0 fully saturated rings. The van der Waals surface area contributed by atoms with Crippen molar-refractivity contribution in [1.82, 2.24) is 23.7 Å². The molecule has 0 bridgehead atoms. The number of imidazole rings is 1. The van der Waals surface area contributed by atoms with Gasteiger partial charge in [-0.25, -0.2) is 9.78 Å². The van der Waals surface area contributed by atoms with E-state index in [9.17, 15) is 9.59 Å². The lowest BCUT2D eigenvalue weighted by Crippen LogP contribution is -2.37. The minimum absolute atomic E-state index is 0. The van der Waals surface area contributed by atoms with Crippen LogP contribution in [0.2, 0.25) is 0 Å². The van der Waals surface area contributed by atoms with Gasteiger partial charge in [-0.3, -0.25) is 18.9 Å². The molecule has 134 valence electrons. The van der Waals surface area contributed by atoms with Crippen LogP contribution in [0.15, 0.2) is 14.7 Å². The van der Waals surface area contributed by atoms with Gasteiger partial charge in [0.1, 0.15) is 0 Å². The minimum atomic E-state index is -0.421. The van der Waals surface area contributed by atoms with Crippen LogP contribution in [0.3, 0.4) is 0 Å². The summed E-state index contributed by atoms with van der Waals surface area (Å²) in [6.07, 6.45) is 1.53. The van der Waals surface area contributed by atoms with Crippen LogP contribution in [0.4, 0.5) is 0 Å². The van der Waals surface area contributed by atoms with Crippen molar-refractivity contribution in [1.29, 1.82) is 0 Å². The molecule has 2 aromatic heterocycles. The van der Waals surface area contributed by atoms with Crippen LogP contribution in [0.1, 0.15) is 5.82 Å². The van der Waals surface area contributed by atoms with Gasteiger partial charge in [0.2, 0.25) is 0 Å². The maximum atomic E-state index is 12.3. The Kier molecular flexibility index (Phi) is 7.31. The average molecular weight is 398 g/mol. The van der Waals surface area contributed by atoms with Gasteiger partial charge in [0, 0.05) is 46.0 Å². The van der Waals surface area contributed by atoms with Crippen LogP contribution in [-0.2, 0) is 21.1 Å². The number of rotatable bonds is 6. The number of nitrogens with zero attached hydrogens (tertiary/aromatic N) is 6. The van der Waals surface area contributed by atoms with E-state index in [2.05, 4.69) is 10.1 Å². The summed E-state index contributed by atoms with van der Waals surface area (Å²) in [5.41, 5.74) is -0.147. The molecule has 8 nitrogen and oxygen atoms in total. The van der Waals surface area contributed by atoms with Crippen molar-refractivity contribution < 1.29 is 0 Å². The molecule has 0 saturated carbocycles. The standard InChI is InChI=1S/C13H18Cl2N6O2.ClH/c1-18-9(8-16-21(6-4-14)7-5-15)17-11-10(18)12(22)20(3)13(23)19(11)2;/h8H,4-7H2,1-3H3;1H/b16-8-;. The van der Waals surface area contributed by atoms with Crippen LogP contribution >= 0.6 is 35.6 Å². The highest BCUT2D eigenvalue weighted by Crippen LogP contribution is 2.07. The lowest BCUT2D eigenvalue weighted by molar-refractivity contribution is 0.327. The summed E-state index contributed by atoms with van der Waals surface area (Å²) in [4.78, 5) is 28.6. The second-order valence-corrected chi connectivity index (χ2v) is 5.74. The Morgan fingerprint density at radius 2 is 1.67 bits per heavy atom. The molecule has 0 spiro atoms. The van der Waals surface area contributed by atoms with Crippen molar-refractivity contribution in [2.24, 2.45) is 26.2 Å². The highest BCUT2D eigenvalue weighted by molar-refractivity contribution is 6.18. The largest absolute Gasteiger partial charge is 0.332 e. The van der Waals surface area contributed by atoms with Crippen molar-refractivity contribution in [2.45, 2.75) is 0 Å². The van der Waals surface area contributed by atoms with E-state index < -0.39 is 11.2 Å². The van der Waals surface area contributed by atoms with Crippen molar-refractivity contribution in [3.63, 3.8) is 0 Å². The summed E-state index contributed by atoms with van der Waals surface area (Å²) < 4.78 is 4.00. The molecule has 0 N–H and O–H groups in total. The number of aryl methyl sites for hydroxylation is 2. The SMILES string of the molecule is Cl.Cn1c(=O)c2c(nc(/C=N\N(CCCl)CCCl)n2C)n(C)c1=O. The fourth-order valence-corrected chi connectivity index (χ4v) is 2.60. The number of hydrazone groups is 1. The van der Waals surface area contributed by atoms with E-state index in [-0.39, 0.29) is 12.4 Å². The van der Waals surface area contributed by atoms with Crippen LogP contribution in [0, 0.1) is 0 Å². The minimum Gasteiger partial charge on any atom is -0.320 e. The quantitative estimate of drug-likeness (QED) is 0.404. The summed E-state index contributed by atoms with van der Waals surface area (Å²) in [6, 6.07) is 0. The van der Waals surface area contributed by atoms with Gasteiger partial charge in [-0.15, -0.1) is 35.6 Å². The van der Waals surface area contributed by atoms with E-state index in [1.807, 2.05) is 0 Å². The normalized spacial score (nSPS) is 11.2. The summed E-state index contributed by atoms with van der Waals surface area (Å²) in [5, 5.41) is 6.01. The number of aromatic nitrogens is 4. The molecule has 2 aromatic rings. The Morgan fingerprint density at radius 1 is 1.08 bits per heavy atom. The third kappa shape index (κ3) is 3.76. The predicted molar refractivity (Wildman–Crippen MR) is 99.1 cm³/mol. The molecular weight excluding hydrogens is 379 g/mol. The molecule has 0 aliphatic heterocycles. The van der Waals surface area contributed by atoms with Crippen molar-refractivity contribution >= 4 is 53.0 Å². The second-order valence-electron chi connectivity index (χ2n) is 4.98. The molecule has 2 rings (SSSR count). The fourth-order valence-electron chi connectivity index (χ4n) is 2.21. The molecule has 0 unspecified atom stereocenters. The molecule has 0 aliphatic rings. The van der Waals surface area contributed by atoms with E-state index in [1.54, 1.807) is 23.7 Å². The zero-order chi connectivity index (χ0) is 17.1. The van der Waals surface area contributed by atoms with Gasteiger partial charge < -0.3 is 4.57 Å². The van der Waals surface area contributed by atoms with Gasteiger partial charge >= 0.3 is 5.69 Å². The first kappa shape index (κ1) is 20.5. The fraction of sp³-hybridized carbons (Fsp3) is 0.538. The maximum absolute atomic E-state index is 12.3. The number of hydrogen-bond acceptors (Lipinski definition) is 5. The third-order valence-corrected chi connectivity index (χ3v) is 3.87. The van der Waals surface area contributed by atoms with Gasteiger partial charge in [0.25, 0.3) is 5.56 Å². The molecular formula is C13H19Cl3N6O2. The van der Waals surface area contributed by atoms with Crippen molar-refractivity contribution in [2.75, 3.05) is 24.8 Å². The topological polar surface area (TPSA) is 77.4 Å². The molecule has 0 atom stereocenters. The number of fused-ring (bicyclic) bond motifs is 1. The lowest BCUT2D eigenvalue weighted by atomic mass is 10.5. The summed E-state index contributed by atoms with van der Waals surface area (Å²) >= 11 is 11.4. The average Bonchev–Trinajstić information content (AvgIpc) is 2.86. The summed E-state index contributed by atoms with van der Waals surface area (Å²) in [5.74, 6) is 1.31. The number of halogens is 3. The highest BCUT2D eigenvalue weighted by atomic mass is 35.5. The van der Waals surface area contributed by atoms with Gasteiger partial charge in [-0.1, -0.05) is 0 Å². The van der Waals surface area contributed by atoms with E-state index in [0.29, 0.717) is 41.8 Å². The molecule has 11 heteroatoms. The molecule has 0 saturated heterocycles. The first-order valence-corrected chi connectivity index (χ1v) is 8.02. The number of alkyl halides is 2. The van der Waals surface area contributed by atoms with Crippen molar-refractivity contribution in [3.8, 4) is 0 Å². The highest BCUT2D eigenvalue weighted by Gasteiger charge is 2.16.